The number of carboxylic acids is 2. The van der Waals surface area contributed by atoms with E-state index in [0.717, 1.165) is 22.3 Å². The van der Waals surface area contributed by atoms with Crippen LogP contribution in [0.5, 0.6) is 0 Å². The Labute approximate surface area is 256 Å². The summed E-state index contributed by atoms with van der Waals surface area (Å²) in [5, 5.41) is 22.6. The van der Waals surface area contributed by atoms with Gasteiger partial charge in [0.1, 0.15) is 0 Å². The van der Waals surface area contributed by atoms with Crippen LogP contribution in [0.4, 0.5) is 0 Å². The fourth-order valence-corrected chi connectivity index (χ4v) is 4.72. The molecule has 0 unspecified atom stereocenters. The number of fused-ring (bicyclic) bond motifs is 2. The van der Waals surface area contributed by atoms with Gasteiger partial charge in [0.2, 0.25) is 0 Å². The number of benzene rings is 4. The maximum atomic E-state index is 12.1. The summed E-state index contributed by atoms with van der Waals surface area (Å²) in [5.41, 5.74) is 3.66. The van der Waals surface area contributed by atoms with E-state index >= 15 is 0 Å². The summed E-state index contributed by atoms with van der Waals surface area (Å²) in [4.78, 5) is 51.7. The van der Waals surface area contributed by atoms with Crippen molar-refractivity contribution in [3.8, 4) is 0 Å². The predicted molar refractivity (Wildman–Crippen MR) is 156 cm³/mol. The minimum absolute atomic E-state index is 0. The molecule has 2 N–H and O–H groups in total. The molecule has 0 atom stereocenters. The number of carboxylic acid groups (broad SMARTS) is 2. The van der Waals surface area contributed by atoms with Crippen LogP contribution in [-0.2, 0) is 29.9 Å². The second kappa shape index (κ2) is 13.6. The maximum absolute atomic E-state index is 12.1. The number of hydrogen-bond donors (Lipinski definition) is 2. The summed E-state index contributed by atoms with van der Waals surface area (Å²) in [6, 6.07) is 30.6. The van der Waals surface area contributed by atoms with Crippen LogP contribution in [0.3, 0.4) is 0 Å². The summed E-state index contributed by atoms with van der Waals surface area (Å²) in [6.07, 6.45) is 3.73. The Bertz CT molecular complexity index is 1890. The predicted octanol–water partition coefficient (Wildman–Crippen LogP) is 2.96. The van der Waals surface area contributed by atoms with Gasteiger partial charge in [0.25, 0.3) is 0 Å². The molecule has 0 aliphatic heterocycles. The molecule has 0 amide bonds. The van der Waals surface area contributed by atoms with E-state index < -0.39 is 22.8 Å². The van der Waals surface area contributed by atoms with E-state index in [-0.39, 0.29) is 28.2 Å². The summed E-state index contributed by atoms with van der Waals surface area (Å²) >= 11 is 0. The molecule has 6 aromatic rings. The van der Waals surface area contributed by atoms with E-state index in [0.29, 0.717) is 34.6 Å². The number of aromatic nitrogens is 2. The minimum Gasteiger partial charge on any atom is -0.545 e. The van der Waals surface area contributed by atoms with E-state index in [1.807, 2.05) is 72.8 Å². The molecule has 0 aliphatic carbocycles. The number of rotatable bonds is 6. The third-order valence-corrected chi connectivity index (χ3v) is 6.83. The van der Waals surface area contributed by atoms with E-state index in [1.54, 1.807) is 24.3 Å². The molecule has 4 aromatic carbocycles. The number of carbonyl (C=O) groups excluding carboxylic acids is 2. The van der Waals surface area contributed by atoms with Crippen LogP contribution < -0.4 is 21.1 Å². The number of aromatic amines is 2. The van der Waals surface area contributed by atoms with Gasteiger partial charge in [-0.2, -0.15) is 0 Å². The Kier molecular flexibility index (Phi) is 9.72. The van der Waals surface area contributed by atoms with E-state index in [2.05, 4.69) is 9.97 Å². The van der Waals surface area contributed by atoms with Crippen molar-refractivity contribution in [1.29, 1.82) is 0 Å². The molecular weight excluding hydrogens is 587 g/mol. The van der Waals surface area contributed by atoms with Crippen LogP contribution in [0, 0.1) is 0 Å². The van der Waals surface area contributed by atoms with Gasteiger partial charge in [0, 0.05) is 34.2 Å². The molecule has 1 radical (unpaired) electrons. The van der Waals surface area contributed by atoms with Gasteiger partial charge < -0.3 is 29.8 Å². The number of H-pyrrole nitrogens is 2. The van der Waals surface area contributed by atoms with Crippen molar-refractivity contribution >= 4 is 33.7 Å². The second-order valence-corrected chi connectivity index (χ2v) is 9.72. The van der Waals surface area contributed by atoms with Gasteiger partial charge >= 0.3 is 17.1 Å². The first-order chi connectivity index (χ1) is 20.3. The normalized spacial score (nSPS) is 10.4. The van der Waals surface area contributed by atoms with Crippen LogP contribution in [0.25, 0.3) is 21.8 Å². The van der Waals surface area contributed by atoms with Crippen LogP contribution in [-0.4, -0.2) is 21.9 Å². The van der Waals surface area contributed by atoms with Gasteiger partial charge in [-0.1, -0.05) is 72.8 Å². The SMILES string of the molecule is O=C([O-])c1c[nH]c2ccc(Cc3ccccc3)cc2c1=O.O=C([O-])c1c[nH]c2ccc(Cc3ccccc3)cc2c1=O.[Mn+2]. The third kappa shape index (κ3) is 7.16. The smallest absolute Gasteiger partial charge is 0.545 e. The molecule has 2 heterocycles. The third-order valence-electron chi connectivity index (χ3n) is 6.83. The van der Waals surface area contributed by atoms with Crippen LogP contribution in [0.15, 0.2) is 119 Å². The van der Waals surface area contributed by atoms with E-state index in [9.17, 15) is 29.4 Å². The Balaban J connectivity index is 0.000000192. The number of nitrogens with one attached hydrogen (secondary N) is 2. The average Bonchev–Trinajstić information content (AvgIpc) is 2.99. The molecule has 6 rings (SSSR count). The maximum Gasteiger partial charge on any atom is 2.00 e. The number of carbonyl (C=O) groups is 2. The topological polar surface area (TPSA) is 146 Å². The average molecular weight is 612 g/mol. The zero-order valence-corrected chi connectivity index (χ0v) is 23.8. The quantitative estimate of drug-likeness (QED) is 0.277. The molecule has 8 nitrogen and oxygen atoms in total. The van der Waals surface area contributed by atoms with Gasteiger partial charge in [-0.25, -0.2) is 0 Å². The molecule has 0 saturated carbocycles. The van der Waals surface area contributed by atoms with Gasteiger partial charge in [-0.3, -0.25) is 9.59 Å². The molecule has 0 spiro atoms. The first-order valence-corrected chi connectivity index (χ1v) is 13.1. The fourth-order valence-electron chi connectivity index (χ4n) is 4.72. The monoisotopic (exact) mass is 611 g/mol. The molecular formula is C34H24MnN2O6. The van der Waals surface area contributed by atoms with Crippen molar-refractivity contribution < 1.29 is 36.9 Å². The van der Waals surface area contributed by atoms with Crippen molar-refractivity contribution in [3.63, 3.8) is 0 Å². The minimum atomic E-state index is -1.47. The number of pyridine rings is 2. The van der Waals surface area contributed by atoms with E-state index in [4.69, 9.17) is 0 Å². The van der Waals surface area contributed by atoms with Crippen molar-refractivity contribution in [2.45, 2.75) is 12.8 Å². The van der Waals surface area contributed by atoms with Crippen LogP contribution in [0.1, 0.15) is 43.0 Å². The Morgan fingerprint density at radius 2 is 0.907 bits per heavy atom. The van der Waals surface area contributed by atoms with Crippen LogP contribution in [0.2, 0.25) is 0 Å². The van der Waals surface area contributed by atoms with Crippen LogP contribution >= 0.6 is 0 Å². The summed E-state index contributed by atoms with van der Waals surface area (Å²) in [5.74, 6) is -2.93. The fraction of sp³-hybridized carbons (Fsp3) is 0.0588. The van der Waals surface area contributed by atoms with E-state index in [1.165, 1.54) is 12.4 Å². The van der Waals surface area contributed by atoms with Crippen molar-refractivity contribution in [2.24, 2.45) is 0 Å². The van der Waals surface area contributed by atoms with Gasteiger partial charge in [0.15, 0.2) is 10.9 Å². The largest absolute Gasteiger partial charge is 2.00 e. The van der Waals surface area contributed by atoms with Gasteiger partial charge in [-0.15, -0.1) is 0 Å². The Hall–Kier alpha value is -5.24. The Morgan fingerprint density at radius 3 is 1.26 bits per heavy atom. The zero-order chi connectivity index (χ0) is 29.6. The molecule has 43 heavy (non-hydrogen) atoms. The molecule has 9 heteroatoms. The van der Waals surface area contributed by atoms with Crippen molar-refractivity contribution in [2.75, 3.05) is 0 Å². The number of aromatic carboxylic acids is 2. The standard InChI is InChI=1S/2C17H13NO3.Mn/c2*19-16-13-9-12(8-11-4-2-1-3-5-11)6-7-15(13)18-10-14(16)17(20)21;/h2*1-7,9-10H,8H2,(H,18,19)(H,20,21);/q;;+2/p-2. The first-order valence-electron chi connectivity index (χ1n) is 13.1. The molecule has 0 bridgehead atoms. The summed E-state index contributed by atoms with van der Waals surface area (Å²) < 4.78 is 0. The summed E-state index contributed by atoms with van der Waals surface area (Å²) in [7, 11) is 0. The zero-order valence-electron chi connectivity index (χ0n) is 22.6. The molecule has 0 fully saturated rings. The molecule has 2 aromatic heterocycles. The van der Waals surface area contributed by atoms with Gasteiger partial charge in [-0.05, 0) is 59.4 Å². The molecule has 0 saturated heterocycles. The van der Waals surface area contributed by atoms with Crippen molar-refractivity contribution in [3.05, 3.63) is 163 Å². The second-order valence-electron chi connectivity index (χ2n) is 9.72. The van der Waals surface area contributed by atoms with Crippen molar-refractivity contribution in [1.82, 2.24) is 9.97 Å². The Morgan fingerprint density at radius 1 is 0.535 bits per heavy atom. The summed E-state index contributed by atoms with van der Waals surface area (Å²) in [6.45, 7) is 0. The first kappa shape index (κ1) is 30.7. The van der Waals surface area contributed by atoms with Gasteiger partial charge in [0.05, 0.1) is 23.1 Å². The molecule has 213 valence electrons. The number of hydrogen-bond acceptors (Lipinski definition) is 6. The molecule has 0 aliphatic rings.